The SMILES string of the molecule is CCCCCCCCC1(CCCCCCCC)c2cc(C)ccc2-c2ccc(C)cc21.CCCCCCc1ccc(C2(c3ccc(N(c4ccc(-c5ccc(N(c6ccc(C(C)(C)C)cc6)c6ccc(C(C)(C)C)cc6)cc5)cc4)c4ccc(-c5ccc(N(c6ccc(C(C)(C)C)cc6)c6ccc(C(C)(C)C)cc6)cc5)cc4)cc3)c3cc(C)ccc3-c3ccc(C)cc32)cc1. The van der Waals surface area contributed by atoms with E-state index in [1.807, 2.05) is 0 Å². The van der Waals surface area contributed by atoms with Crippen molar-refractivity contribution in [1.29, 1.82) is 0 Å². The molecule has 0 atom stereocenters. The molecule has 14 aromatic carbocycles. The van der Waals surface area contributed by atoms with Gasteiger partial charge in [0, 0.05) is 56.6 Å². The van der Waals surface area contributed by atoms with Crippen LogP contribution in [0.4, 0.5) is 51.2 Å². The van der Waals surface area contributed by atoms with Crippen LogP contribution in [0.1, 0.15) is 303 Å². The van der Waals surface area contributed by atoms with Gasteiger partial charge in [0.25, 0.3) is 0 Å². The fourth-order valence-electron chi connectivity index (χ4n) is 20.7. The molecule has 0 unspecified atom stereocenters. The summed E-state index contributed by atoms with van der Waals surface area (Å²) >= 11 is 0. The minimum absolute atomic E-state index is 0.0551. The van der Waals surface area contributed by atoms with Gasteiger partial charge in [0.15, 0.2) is 0 Å². The summed E-state index contributed by atoms with van der Waals surface area (Å²) in [5, 5.41) is 0. The van der Waals surface area contributed by atoms with E-state index in [9.17, 15) is 0 Å². The summed E-state index contributed by atoms with van der Waals surface area (Å²) in [6.45, 7) is 43.3. The van der Waals surface area contributed by atoms with Gasteiger partial charge >= 0.3 is 0 Å². The zero-order valence-electron chi connectivity index (χ0n) is 82.8. The summed E-state index contributed by atoms with van der Waals surface area (Å²) in [4.78, 5) is 7.19. The van der Waals surface area contributed by atoms with Crippen LogP contribution in [0.15, 0.2) is 315 Å². The molecule has 2 aliphatic rings. The van der Waals surface area contributed by atoms with Gasteiger partial charge in [-0.3, -0.25) is 0 Å². The molecular formula is C128H147N3. The molecule has 0 amide bonds. The number of hydrogen-bond donors (Lipinski definition) is 0. The lowest BCUT2D eigenvalue weighted by atomic mass is 9.67. The Balaban J connectivity index is 0.000000357. The van der Waals surface area contributed by atoms with Crippen molar-refractivity contribution in [2.45, 2.75) is 286 Å². The fourth-order valence-corrected chi connectivity index (χ4v) is 20.7. The molecule has 2 aliphatic carbocycles. The van der Waals surface area contributed by atoms with Crippen molar-refractivity contribution in [3.8, 4) is 44.5 Å². The lowest BCUT2D eigenvalue weighted by Gasteiger charge is -2.35. The first kappa shape index (κ1) is 94.1. The summed E-state index contributed by atoms with van der Waals surface area (Å²) in [7, 11) is 0. The number of anilines is 9. The Morgan fingerprint density at radius 3 is 0.687 bits per heavy atom. The van der Waals surface area contributed by atoms with Gasteiger partial charge < -0.3 is 14.7 Å². The molecular weight excluding hydrogens is 1580 g/mol. The van der Waals surface area contributed by atoms with Gasteiger partial charge in [0.2, 0.25) is 0 Å². The predicted octanol–water partition coefficient (Wildman–Crippen LogP) is 37.8. The van der Waals surface area contributed by atoms with Gasteiger partial charge in [0.1, 0.15) is 0 Å². The summed E-state index contributed by atoms with van der Waals surface area (Å²) in [6.07, 6.45) is 25.3. The molecule has 0 bridgehead atoms. The van der Waals surface area contributed by atoms with Crippen molar-refractivity contribution in [2.24, 2.45) is 0 Å². The largest absolute Gasteiger partial charge is 0.311 e. The number of benzene rings is 14. The third-order valence-corrected chi connectivity index (χ3v) is 28.4. The Morgan fingerprint density at radius 2 is 0.427 bits per heavy atom. The van der Waals surface area contributed by atoms with E-state index < -0.39 is 5.41 Å². The molecule has 16 rings (SSSR count). The van der Waals surface area contributed by atoms with Crippen LogP contribution in [0.5, 0.6) is 0 Å². The molecule has 0 radical (unpaired) electrons. The van der Waals surface area contributed by atoms with E-state index in [4.69, 9.17) is 0 Å². The fraction of sp³-hybridized carbons (Fsp3) is 0.344. The van der Waals surface area contributed by atoms with Gasteiger partial charge in [-0.25, -0.2) is 0 Å². The van der Waals surface area contributed by atoms with Crippen molar-refractivity contribution in [3.63, 3.8) is 0 Å². The Hall–Kier alpha value is -11.5. The number of unbranched alkanes of at least 4 members (excludes halogenated alkanes) is 13. The van der Waals surface area contributed by atoms with Crippen LogP contribution in [0.2, 0.25) is 0 Å². The molecule has 14 aromatic rings. The average Bonchev–Trinajstić information content (AvgIpc) is 1.54. The third-order valence-electron chi connectivity index (χ3n) is 28.4. The Labute approximate surface area is 790 Å². The van der Waals surface area contributed by atoms with Crippen LogP contribution < -0.4 is 14.7 Å². The lowest BCUT2D eigenvalue weighted by molar-refractivity contribution is 0.397. The molecule has 0 aliphatic heterocycles. The third kappa shape index (κ3) is 21.0. The van der Waals surface area contributed by atoms with Gasteiger partial charge in [-0.05, 0) is 290 Å². The smallest absolute Gasteiger partial charge is 0.0713 e. The maximum absolute atomic E-state index is 2.53. The van der Waals surface area contributed by atoms with E-state index in [1.165, 1.54) is 210 Å². The second-order valence-electron chi connectivity index (χ2n) is 42.5. The van der Waals surface area contributed by atoms with Crippen molar-refractivity contribution in [2.75, 3.05) is 14.7 Å². The van der Waals surface area contributed by atoms with E-state index in [0.29, 0.717) is 0 Å². The Bertz CT molecular complexity index is 5650. The lowest BCUT2D eigenvalue weighted by Crippen LogP contribution is -2.29. The monoisotopic (exact) mass is 1730 g/mol. The first-order valence-corrected chi connectivity index (χ1v) is 49.9. The Kier molecular flexibility index (Phi) is 29.2. The molecule has 3 nitrogen and oxygen atoms in total. The molecule has 3 heteroatoms. The van der Waals surface area contributed by atoms with Gasteiger partial charge in [-0.15, -0.1) is 0 Å². The van der Waals surface area contributed by atoms with Crippen LogP contribution in [-0.2, 0) is 38.9 Å². The summed E-state index contributed by atoms with van der Waals surface area (Å²) in [5.41, 5.74) is 40.7. The summed E-state index contributed by atoms with van der Waals surface area (Å²) in [6, 6.07) is 121. The standard InChI is InChI=1S/C97H101N3.C31H46/c1-16-17-18-19-20-69-23-33-78(34-24-69)97(91-65-67(2)21-63-89(91)90-64-22-68(3)66-92(90)97)79-43-61-88(62-44-79)98(80-45-25-70(26-46-80)72-29-49-82(50-30-72)99(84-53-35-74(36-54-84)93(4,5)6)85-55-37-75(38-56-85)94(7,8)9)81-47-27-71(28-48-81)73-31-51-83(52-32-73)100(86-57-39-76(40-58-86)95(10,11)12)87-59-41-77(42-60-87)96(13,14)15;1-5-7-9-11-13-15-21-31(22-16-14-12-10-8-6-2)29-23-25(3)17-19-27(29)28-20-18-26(4)24-30(28)31/h21-66H,16-20H2,1-15H3;17-20,23-24H,5-16,21-22H2,1-4H3. The molecule has 0 N–H and O–H groups in total. The van der Waals surface area contributed by atoms with Gasteiger partial charge in [0.05, 0.1) is 5.41 Å². The van der Waals surface area contributed by atoms with Crippen LogP contribution in [-0.4, -0.2) is 0 Å². The normalized spacial score (nSPS) is 13.1. The van der Waals surface area contributed by atoms with E-state index in [0.717, 1.165) is 79.9 Å². The highest BCUT2D eigenvalue weighted by atomic mass is 15.2. The van der Waals surface area contributed by atoms with E-state index >= 15 is 0 Å². The topological polar surface area (TPSA) is 9.72 Å². The minimum Gasteiger partial charge on any atom is -0.311 e. The highest BCUT2D eigenvalue weighted by Gasteiger charge is 2.47. The molecule has 674 valence electrons. The zero-order valence-corrected chi connectivity index (χ0v) is 82.8. The summed E-state index contributed by atoms with van der Waals surface area (Å²) < 4.78 is 0. The molecule has 0 heterocycles. The maximum Gasteiger partial charge on any atom is 0.0713 e. The molecule has 0 fully saturated rings. The molecule has 0 spiro atoms. The van der Waals surface area contributed by atoms with Gasteiger partial charge in [-0.2, -0.15) is 0 Å². The van der Waals surface area contributed by atoms with Crippen molar-refractivity contribution >= 4 is 51.2 Å². The van der Waals surface area contributed by atoms with Crippen LogP contribution in [0.3, 0.4) is 0 Å². The highest BCUT2D eigenvalue weighted by Crippen LogP contribution is 2.59. The highest BCUT2D eigenvalue weighted by molar-refractivity contribution is 5.89. The van der Waals surface area contributed by atoms with E-state index in [2.05, 4.69) is 462 Å². The number of nitrogens with zero attached hydrogens (tertiary/aromatic N) is 3. The quantitative estimate of drug-likeness (QED) is 0.0389. The van der Waals surface area contributed by atoms with Crippen LogP contribution >= 0.6 is 0 Å². The van der Waals surface area contributed by atoms with Crippen LogP contribution in [0.25, 0.3) is 44.5 Å². The number of aryl methyl sites for hydroxylation is 5. The molecule has 131 heavy (non-hydrogen) atoms. The summed E-state index contributed by atoms with van der Waals surface area (Å²) in [5.74, 6) is 0. The van der Waals surface area contributed by atoms with Gasteiger partial charge in [-0.1, -0.05) is 429 Å². The predicted molar refractivity (Wildman–Crippen MR) is 569 cm³/mol. The minimum atomic E-state index is -0.531. The van der Waals surface area contributed by atoms with E-state index in [1.54, 1.807) is 11.1 Å². The second kappa shape index (κ2) is 40.7. The van der Waals surface area contributed by atoms with Crippen molar-refractivity contribution in [3.05, 3.63) is 399 Å². The first-order chi connectivity index (χ1) is 63.0. The second-order valence-corrected chi connectivity index (χ2v) is 42.5. The molecule has 0 saturated heterocycles. The van der Waals surface area contributed by atoms with Crippen molar-refractivity contribution < 1.29 is 0 Å². The average molecular weight is 1730 g/mol. The first-order valence-electron chi connectivity index (χ1n) is 49.9. The number of hydrogen-bond acceptors (Lipinski definition) is 3. The molecule has 0 aromatic heterocycles. The van der Waals surface area contributed by atoms with Crippen molar-refractivity contribution in [1.82, 2.24) is 0 Å². The number of fused-ring (bicyclic) bond motifs is 6. The Morgan fingerprint density at radius 1 is 0.214 bits per heavy atom. The molecule has 0 saturated carbocycles. The van der Waals surface area contributed by atoms with E-state index in [-0.39, 0.29) is 27.1 Å². The zero-order chi connectivity index (χ0) is 92.4. The maximum atomic E-state index is 2.53. The van der Waals surface area contributed by atoms with Crippen LogP contribution in [0, 0.1) is 27.7 Å². The number of rotatable bonds is 32.